The molecule has 10 nitrogen and oxygen atoms in total. The first-order valence-electron chi connectivity index (χ1n) is 20.5. The molecular weight excluding hydrogens is 761 g/mol. The molecule has 0 saturated carbocycles. The Balaban J connectivity index is 1.59. The second kappa shape index (κ2) is 20.4. The van der Waals surface area contributed by atoms with Crippen molar-refractivity contribution in [2.75, 3.05) is 70.6 Å². The smallest absolute Gasteiger partial charge is 0.123 e. The molecule has 60 heavy (non-hydrogen) atoms. The molecule has 320 valence electrons. The first-order chi connectivity index (χ1) is 29.2. The van der Waals surface area contributed by atoms with E-state index in [0.29, 0.717) is 38.7 Å². The molecule has 0 saturated heterocycles. The Labute approximate surface area is 355 Å². The van der Waals surface area contributed by atoms with Crippen LogP contribution in [0.5, 0.6) is 57.5 Å². The average molecular weight is 821 g/mol. The van der Waals surface area contributed by atoms with Crippen LogP contribution in [0, 0.1) is 0 Å². The summed E-state index contributed by atoms with van der Waals surface area (Å²) in [7, 11) is 15.2. The fraction of sp³-hybridized carbons (Fsp3) is 0.400. The van der Waals surface area contributed by atoms with E-state index in [2.05, 4.69) is 25.1 Å². The van der Waals surface area contributed by atoms with Gasteiger partial charge in [-0.3, -0.25) is 0 Å². The Kier molecular flexibility index (Phi) is 14.8. The third-order valence-electron chi connectivity index (χ3n) is 11.4. The number of unbranched alkanes of at least 4 members (excludes halogenated alkanes) is 3. The lowest BCUT2D eigenvalue weighted by atomic mass is 9.94. The molecule has 0 radical (unpaired) electrons. The molecule has 5 aromatic carbocycles. The van der Waals surface area contributed by atoms with Crippen molar-refractivity contribution in [3.8, 4) is 57.5 Å². The van der Waals surface area contributed by atoms with E-state index in [1.54, 1.807) is 64.0 Å². The highest BCUT2D eigenvalue weighted by Gasteiger charge is 2.23. The summed E-state index contributed by atoms with van der Waals surface area (Å²) in [5, 5.41) is 0. The summed E-state index contributed by atoms with van der Waals surface area (Å²) >= 11 is 0. The van der Waals surface area contributed by atoms with E-state index in [1.807, 2.05) is 42.5 Å². The maximum atomic E-state index is 6.62. The van der Waals surface area contributed by atoms with Crippen molar-refractivity contribution < 1.29 is 47.4 Å². The van der Waals surface area contributed by atoms with Gasteiger partial charge in [-0.05, 0) is 67.1 Å². The normalized spacial score (nSPS) is 12.2. The molecule has 0 heterocycles. The molecule has 10 bridgehead atoms. The van der Waals surface area contributed by atoms with E-state index in [9.17, 15) is 0 Å². The number of ether oxygens (including phenoxy) is 10. The second-order valence-electron chi connectivity index (χ2n) is 15.0. The molecule has 0 spiro atoms. The average Bonchev–Trinajstić information content (AvgIpc) is 3.27. The highest BCUT2D eigenvalue weighted by atomic mass is 16.5. The number of methoxy groups -OCH3 is 9. The third-order valence-corrected chi connectivity index (χ3v) is 11.4. The van der Waals surface area contributed by atoms with Gasteiger partial charge in [-0.1, -0.05) is 26.2 Å². The van der Waals surface area contributed by atoms with Gasteiger partial charge in [-0.15, -0.1) is 0 Å². The van der Waals surface area contributed by atoms with Gasteiger partial charge in [0.15, 0.2) is 0 Å². The zero-order valence-electron chi connectivity index (χ0n) is 36.9. The van der Waals surface area contributed by atoms with Gasteiger partial charge >= 0.3 is 0 Å². The molecule has 0 unspecified atom stereocenters. The van der Waals surface area contributed by atoms with E-state index < -0.39 is 0 Å². The SMILES string of the molecule is CCCCCCOc1cc2c(OC)cc1Cc1cc(OC)c(cc1OC)Cc1cc(OC)c(cc1OC)Cc1cc(OC)c(cc1OC)Cc1cc(OC)c(cc1OC)C2. The quantitative estimate of drug-likeness (QED) is 0.0933. The van der Waals surface area contributed by atoms with Gasteiger partial charge in [0.1, 0.15) is 57.5 Å². The lowest BCUT2D eigenvalue weighted by molar-refractivity contribution is 0.301. The van der Waals surface area contributed by atoms with Gasteiger partial charge < -0.3 is 47.4 Å². The number of hydrogen-bond acceptors (Lipinski definition) is 10. The Morgan fingerprint density at radius 3 is 0.683 bits per heavy atom. The molecule has 15 rings (SSSR count). The minimum absolute atomic E-state index is 0.505. The highest BCUT2D eigenvalue weighted by molar-refractivity contribution is 5.59. The van der Waals surface area contributed by atoms with Crippen LogP contribution in [0.4, 0.5) is 0 Å². The van der Waals surface area contributed by atoms with Crippen LogP contribution in [-0.2, 0) is 32.1 Å². The van der Waals surface area contributed by atoms with Crippen LogP contribution in [0.2, 0.25) is 0 Å². The Morgan fingerprint density at radius 2 is 0.483 bits per heavy atom. The van der Waals surface area contributed by atoms with Crippen molar-refractivity contribution >= 4 is 0 Å². The van der Waals surface area contributed by atoms with E-state index in [1.165, 1.54) is 6.42 Å². The van der Waals surface area contributed by atoms with Gasteiger partial charge in [0.25, 0.3) is 0 Å². The van der Waals surface area contributed by atoms with Crippen LogP contribution < -0.4 is 47.4 Å². The standard InChI is InChI=1S/C50H60O10/c1-11-12-13-14-15-60-50-30-39-19-37-27-45(55-6)35(25-46(37)56-7)17-33-23-41(51-2)31(21-42(33)52-3)16-32-22-44(54-5)34(24-43(32)53-4)18-36-26-48(58-9)38(28-47(36)57-8)20-40(50)29-49(39)59-10/h21-30H,11-20H2,1-10H3. The minimum atomic E-state index is 0.505. The predicted octanol–water partition coefficient (Wildman–Crippen LogP) is 9.99. The van der Waals surface area contributed by atoms with E-state index in [0.717, 1.165) is 132 Å². The van der Waals surface area contributed by atoms with Crippen molar-refractivity contribution in [2.24, 2.45) is 0 Å². The summed E-state index contributed by atoms with van der Waals surface area (Å²) in [6.45, 7) is 2.81. The third kappa shape index (κ3) is 9.59. The maximum absolute atomic E-state index is 6.62. The topological polar surface area (TPSA) is 92.3 Å². The maximum Gasteiger partial charge on any atom is 0.123 e. The zero-order valence-corrected chi connectivity index (χ0v) is 36.9. The van der Waals surface area contributed by atoms with Crippen molar-refractivity contribution in [2.45, 2.75) is 64.7 Å². The van der Waals surface area contributed by atoms with Gasteiger partial charge in [0, 0.05) is 87.7 Å². The summed E-state index contributed by atoms with van der Waals surface area (Å²) in [5.74, 6) is 7.34. The summed E-state index contributed by atoms with van der Waals surface area (Å²) in [6, 6.07) is 20.5. The molecule has 0 aliphatic heterocycles. The summed E-state index contributed by atoms with van der Waals surface area (Å²) in [4.78, 5) is 0. The largest absolute Gasteiger partial charge is 0.496 e. The number of benzene rings is 5. The number of rotatable bonds is 15. The van der Waals surface area contributed by atoms with Gasteiger partial charge in [0.05, 0.1) is 70.6 Å². The second-order valence-corrected chi connectivity index (χ2v) is 15.0. The van der Waals surface area contributed by atoms with Crippen LogP contribution in [0.25, 0.3) is 0 Å². The molecular formula is C50H60O10. The minimum Gasteiger partial charge on any atom is -0.496 e. The molecule has 10 aliphatic rings. The van der Waals surface area contributed by atoms with Crippen LogP contribution in [-0.4, -0.2) is 70.6 Å². The van der Waals surface area contributed by atoms with Crippen molar-refractivity contribution in [1.82, 2.24) is 0 Å². The molecule has 0 aromatic heterocycles. The summed E-state index contributed by atoms with van der Waals surface area (Å²) in [6.07, 6.45) is 6.93. The highest BCUT2D eigenvalue weighted by Crippen LogP contribution is 2.42. The molecule has 0 N–H and O–H groups in total. The lowest BCUT2D eigenvalue weighted by Crippen LogP contribution is -2.06. The van der Waals surface area contributed by atoms with E-state index >= 15 is 0 Å². The van der Waals surface area contributed by atoms with Gasteiger partial charge in [0.2, 0.25) is 0 Å². The predicted molar refractivity (Wildman–Crippen MR) is 235 cm³/mol. The first kappa shape index (κ1) is 43.7. The van der Waals surface area contributed by atoms with Crippen molar-refractivity contribution in [3.05, 3.63) is 116 Å². The molecule has 0 fully saturated rings. The fourth-order valence-corrected chi connectivity index (χ4v) is 8.18. The monoisotopic (exact) mass is 820 g/mol. The van der Waals surface area contributed by atoms with Crippen LogP contribution >= 0.6 is 0 Å². The lowest BCUT2D eigenvalue weighted by Gasteiger charge is -2.20. The van der Waals surface area contributed by atoms with Crippen LogP contribution in [0.3, 0.4) is 0 Å². The summed E-state index contributed by atoms with van der Waals surface area (Å²) in [5.41, 5.74) is 9.44. The van der Waals surface area contributed by atoms with Crippen LogP contribution in [0.15, 0.2) is 60.7 Å². The molecule has 5 aromatic rings. The number of hydrogen-bond donors (Lipinski definition) is 0. The van der Waals surface area contributed by atoms with Crippen molar-refractivity contribution in [1.29, 1.82) is 0 Å². The Hall–Kier alpha value is -5.90. The molecule has 10 heteroatoms. The first-order valence-corrected chi connectivity index (χ1v) is 20.5. The molecule has 0 atom stereocenters. The van der Waals surface area contributed by atoms with Crippen LogP contribution in [0.1, 0.15) is 88.2 Å². The fourth-order valence-electron chi connectivity index (χ4n) is 8.18. The van der Waals surface area contributed by atoms with Gasteiger partial charge in [-0.25, -0.2) is 0 Å². The zero-order chi connectivity index (χ0) is 42.8. The Bertz CT molecular complexity index is 2260. The molecule has 0 amide bonds. The van der Waals surface area contributed by atoms with E-state index in [4.69, 9.17) is 47.4 Å². The van der Waals surface area contributed by atoms with E-state index in [-0.39, 0.29) is 0 Å². The molecule has 10 aliphatic carbocycles. The summed E-state index contributed by atoms with van der Waals surface area (Å²) < 4.78 is 61.1. The van der Waals surface area contributed by atoms with Gasteiger partial charge in [-0.2, -0.15) is 0 Å². The van der Waals surface area contributed by atoms with Crippen molar-refractivity contribution in [3.63, 3.8) is 0 Å². The Morgan fingerprint density at radius 1 is 0.283 bits per heavy atom.